The van der Waals surface area contributed by atoms with Gasteiger partial charge < -0.3 is 10.6 Å². The van der Waals surface area contributed by atoms with Crippen molar-refractivity contribution in [3.8, 4) is 0 Å². The lowest BCUT2D eigenvalue weighted by atomic mass is 10.1. The van der Waals surface area contributed by atoms with Crippen LogP contribution in [0.15, 0.2) is 18.2 Å². The summed E-state index contributed by atoms with van der Waals surface area (Å²) >= 11 is 1.77. The molecule has 3 nitrogen and oxygen atoms in total. The van der Waals surface area contributed by atoms with Gasteiger partial charge in [0.15, 0.2) is 5.13 Å². The van der Waals surface area contributed by atoms with Crippen LogP contribution in [0.3, 0.4) is 0 Å². The number of thiazole rings is 1. The Bertz CT molecular complexity index is 527. The second-order valence-electron chi connectivity index (χ2n) is 4.98. The van der Waals surface area contributed by atoms with Crippen LogP contribution in [0.5, 0.6) is 0 Å². The van der Waals surface area contributed by atoms with Crippen LogP contribution in [0, 0.1) is 0 Å². The minimum Gasteiger partial charge on any atom is -0.399 e. The first kappa shape index (κ1) is 11.8. The fraction of sp³-hybridized carbons (Fsp3) is 0.500. The van der Waals surface area contributed by atoms with Gasteiger partial charge in [0, 0.05) is 18.8 Å². The molecule has 0 radical (unpaired) electrons. The first-order valence-corrected chi connectivity index (χ1v) is 7.55. The molecule has 0 aliphatic carbocycles. The Hall–Kier alpha value is -1.29. The average molecular weight is 261 g/mol. The molecule has 0 amide bonds. The second kappa shape index (κ2) is 5.14. The van der Waals surface area contributed by atoms with Crippen LogP contribution < -0.4 is 10.6 Å². The van der Waals surface area contributed by atoms with Crippen molar-refractivity contribution >= 4 is 32.4 Å². The number of nitrogen functional groups attached to an aromatic ring is 1. The Labute approximate surface area is 112 Å². The highest BCUT2D eigenvalue weighted by Gasteiger charge is 2.13. The van der Waals surface area contributed by atoms with E-state index in [0.29, 0.717) is 0 Å². The number of rotatable bonds is 1. The molecule has 1 saturated heterocycles. The van der Waals surface area contributed by atoms with Gasteiger partial charge in [-0.3, -0.25) is 0 Å². The molecule has 1 aliphatic rings. The molecule has 0 saturated carbocycles. The van der Waals surface area contributed by atoms with Gasteiger partial charge in [-0.1, -0.05) is 30.6 Å². The summed E-state index contributed by atoms with van der Waals surface area (Å²) in [6, 6.07) is 5.98. The highest BCUT2D eigenvalue weighted by Crippen LogP contribution is 2.31. The van der Waals surface area contributed by atoms with Crippen LogP contribution in [0.25, 0.3) is 10.2 Å². The molecule has 0 atom stereocenters. The first-order valence-electron chi connectivity index (χ1n) is 6.74. The third kappa shape index (κ3) is 2.43. The van der Waals surface area contributed by atoms with E-state index in [4.69, 9.17) is 10.7 Å². The number of benzene rings is 1. The van der Waals surface area contributed by atoms with Crippen LogP contribution in [0.1, 0.15) is 32.1 Å². The van der Waals surface area contributed by atoms with Gasteiger partial charge in [-0.25, -0.2) is 4.98 Å². The van der Waals surface area contributed by atoms with E-state index in [2.05, 4.69) is 4.90 Å². The van der Waals surface area contributed by atoms with E-state index >= 15 is 0 Å². The zero-order chi connectivity index (χ0) is 12.4. The fourth-order valence-electron chi connectivity index (χ4n) is 2.50. The highest BCUT2D eigenvalue weighted by atomic mass is 32.1. The molecule has 1 aromatic carbocycles. The third-order valence-corrected chi connectivity index (χ3v) is 4.61. The van der Waals surface area contributed by atoms with Crippen molar-refractivity contribution in [2.24, 2.45) is 0 Å². The Balaban J connectivity index is 1.87. The quantitative estimate of drug-likeness (QED) is 0.797. The predicted octanol–water partition coefficient (Wildman–Crippen LogP) is 3.65. The predicted molar refractivity (Wildman–Crippen MR) is 79.3 cm³/mol. The van der Waals surface area contributed by atoms with Crippen LogP contribution in [-0.4, -0.2) is 18.1 Å². The lowest BCUT2D eigenvalue weighted by Crippen LogP contribution is -2.26. The SMILES string of the molecule is Nc1ccc2nc(N3CCCCCCC3)sc2c1. The minimum atomic E-state index is 0.824. The van der Waals surface area contributed by atoms with E-state index in [9.17, 15) is 0 Å². The smallest absolute Gasteiger partial charge is 0.186 e. The molecule has 1 aromatic heterocycles. The molecule has 0 spiro atoms. The number of hydrogen-bond donors (Lipinski definition) is 1. The molecule has 2 N–H and O–H groups in total. The normalized spacial score (nSPS) is 17.7. The standard InChI is InChI=1S/C14H19N3S/c15-11-6-7-12-13(10-11)18-14(16-12)17-8-4-2-1-3-5-9-17/h6-7,10H,1-5,8-9,15H2. The molecule has 0 unspecified atom stereocenters. The topological polar surface area (TPSA) is 42.1 Å². The number of nitrogens with zero attached hydrogens (tertiary/aromatic N) is 2. The average Bonchev–Trinajstić information content (AvgIpc) is 2.71. The summed E-state index contributed by atoms with van der Waals surface area (Å²) in [6.07, 6.45) is 6.68. The van der Waals surface area contributed by atoms with Gasteiger partial charge in [-0.15, -0.1) is 0 Å². The van der Waals surface area contributed by atoms with Crippen LogP contribution in [-0.2, 0) is 0 Å². The van der Waals surface area contributed by atoms with Gasteiger partial charge in [0.1, 0.15) is 0 Å². The summed E-state index contributed by atoms with van der Waals surface area (Å²) in [6.45, 7) is 2.30. The summed E-state index contributed by atoms with van der Waals surface area (Å²) in [4.78, 5) is 7.18. The van der Waals surface area contributed by atoms with Crippen molar-refractivity contribution in [2.45, 2.75) is 32.1 Å². The van der Waals surface area contributed by atoms with Crippen LogP contribution in [0.2, 0.25) is 0 Å². The summed E-state index contributed by atoms with van der Waals surface area (Å²) in [7, 11) is 0. The Morgan fingerprint density at radius 2 is 1.78 bits per heavy atom. The number of nitrogens with two attached hydrogens (primary N) is 1. The molecule has 18 heavy (non-hydrogen) atoms. The maximum absolute atomic E-state index is 5.82. The zero-order valence-electron chi connectivity index (χ0n) is 10.6. The molecular weight excluding hydrogens is 242 g/mol. The second-order valence-corrected chi connectivity index (χ2v) is 5.99. The van der Waals surface area contributed by atoms with Crippen molar-refractivity contribution in [3.05, 3.63) is 18.2 Å². The molecule has 2 heterocycles. The fourth-order valence-corrected chi connectivity index (χ4v) is 3.57. The largest absolute Gasteiger partial charge is 0.399 e. The Kier molecular flexibility index (Phi) is 3.37. The van der Waals surface area contributed by atoms with E-state index < -0.39 is 0 Å². The van der Waals surface area contributed by atoms with Crippen LogP contribution in [0.4, 0.5) is 10.8 Å². The summed E-state index contributed by atoms with van der Waals surface area (Å²) < 4.78 is 1.20. The molecule has 3 rings (SSSR count). The molecule has 1 aliphatic heterocycles. The van der Waals surface area contributed by atoms with Crippen molar-refractivity contribution < 1.29 is 0 Å². The molecule has 0 bridgehead atoms. The molecule has 2 aromatic rings. The molecule has 1 fully saturated rings. The minimum absolute atomic E-state index is 0.824. The van der Waals surface area contributed by atoms with E-state index in [1.165, 1.54) is 36.8 Å². The van der Waals surface area contributed by atoms with Gasteiger partial charge in [-0.05, 0) is 31.0 Å². The van der Waals surface area contributed by atoms with Gasteiger partial charge in [0.25, 0.3) is 0 Å². The monoisotopic (exact) mass is 261 g/mol. The maximum Gasteiger partial charge on any atom is 0.186 e. The molecule has 96 valence electrons. The van der Waals surface area contributed by atoms with Gasteiger partial charge in [0.05, 0.1) is 10.2 Å². The van der Waals surface area contributed by atoms with Gasteiger partial charge >= 0.3 is 0 Å². The lowest BCUT2D eigenvalue weighted by Gasteiger charge is -2.23. The third-order valence-electron chi connectivity index (χ3n) is 3.53. The Morgan fingerprint density at radius 1 is 1.06 bits per heavy atom. The van der Waals surface area contributed by atoms with E-state index in [1.807, 2.05) is 18.2 Å². The van der Waals surface area contributed by atoms with Gasteiger partial charge in [0.2, 0.25) is 0 Å². The summed E-state index contributed by atoms with van der Waals surface area (Å²) in [5.74, 6) is 0. The van der Waals surface area contributed by atoms with Crippen molar-refractivity contribution in [1.29, 1.82) is 0 Å². The van der Waals surface area contributed by atoms with Crippen molar-refractivity contribution in [1.82, 2.24) is 4.98 Å². The van der Waals surface area contributed by atoms with E-state index in [-0.39, 0.29) is 0 Å². The summed E-state index contributed by atoms with van der Waals surface area (Å²) in [5, 5.41) is 1.16. The summed E-state index contributed by atoms with van der Waals surface area (Å²) in [5.41, 5.74) is 7.72. The van der Waals surface area contributed by atoms with Crippen molar-refractivity contribution in [2.75, 3.05) is 23.7 Å². The number of hydrogen-bond acceptors (Lipinski definition) is 4. The van der Waals surface area contributed by atoms with E-state index in [0.717, 1.165) is 29.4 Å². The van der Waals surface area contributed by atoms with Crippen LogP contribution >= 0.6 is 11.3 Å². The number of aromatic nitrogens is 1. The maximum atomic E-state index is 5.82. The van der Waals surface area contributed by atoms with E-state index in [1.54, 1.807) is 11.3 Å². The molecular formula is C14H19N3S. The number of fused-ring (bicyclic) bond motifs is 1. The Morgan fingerprint density at radius 3 is 2.56 bits per heavy atom. The van der Waals surface area contributed by atoms with Gasteiger partial charge in [-0.2, -0.15) is 0 Å². The zero-order valence-corrected chi connectivity index (χ0v) is 11.4. The van der Waals surface area contributed by atoms with Crippen molar-refractivity contribution in [3.63, 3.8) is 0 Å². The molecule has 4 heteroatoms. The lowest BCUT2D eigenvalue weighted by molar-refractivity contribution is 0.556. The highest BCUT2D eigenvalue weighted by molar-refractivity contribution is 7.22. The first-order chi connectivity index (χ1) is 8.83. The number of anilines is 2.